The van der Waals surface area contributed by atoms with Crippen LogP contribution in [0, 0.1) is 5.41 Å². The van der Waals surface area contributed by atoms with Crippen molar-refractivity contribution in [1.29, 1.82) is 0 Å². The van der Waals surface area contributed by atoms with Crippen LogP contribution in [0.1, 0.15) is 42.9 Å². The van der Waals surface area contributed by atoms with E-state index in [9.17, 15) is 13.2 Å². The number of rotatable bonds is 6. The van der Waals surface area contributed by atoms with Gasteiger partial charge in [0.25, 0.3) is 0 Å². The van der Waals surface area contributed by atoms with Crippen molar-refractivity contribution in [1.82, 2.24) is 10.2 Å². The van der Waals surface area contributed by atoms with Gasteiger partial charge in [0.1, 0.15) is 6.10 Å². The Hall–Kier alpha value is -1.80. The molecule has 1 saturated heterocycles. The predicted octanol–water partition coefficient (Wildman–Crippen LogP) is 3.86. The van der Waals surface area contributed by atoms with Gasteiger partial charge in [-0.3, -0.25) is 4.99 Å². The minimum atomic E-state index is -4.36. The lowest BCUT2D eigenvalue weighted by atomic mass is 9.67. The van der Waals surface area contributed by atoms with Crippen LogP contribution in [0.3, 0.4) is 0 Å². The maximum absolute atomic E-state index is 13.0. The lowest BCUT2D eigenvalue weighted by Crippen LogP contribution is -2.51. The summed E-state index contributed by atoms with van der Waals surface area (Å²) < 4.78 is 50.2. The number of nitrogens with one attached hydrogen (secondary N) is 1. The molecule has 2 fully saturated rings. The van der Waals surface area contributed by atoms with Gasteiger partial charge in [0.2, 0.25) is 0 Å². The van der Waals surface area contributed by atoms with E-state index in [4.69, 9.17) is 9.47 Å². The molecule has 0 bridgehead atoms. The number of benzene rings is 1. The molecule has 162 valence electrons. The molecule has 5 nitrogen and oxygen atoms in total. The average molecular weight is 413 g/mol. The zero-order chi connectivity index (χ0) is 20.9. The van der Waals surface area contributed by atoms with Crippen LogP contribution in [0.25, 0.3) is 0 Å². The van der Waals surface area contributed by atoms with Crippen molar-refractivity contribution >= 4 is 5.96 Å². The lowest BCUT2D eigenvalue weighted by molar-refractivity contribution is -0.137. The summed E-state index contributed by atoms with van der Waals surface area (Å²) in [5.41, 5.74) is 0.136. The molecule has 0 radical (unpaired) electrons. The van der Waals surface area contributed by atoms with E-state index in [1.165, 1.54) is 31.4 Å². The van der Waals surface area contributed by atoms with Gasteiger partial charge in [-0.15, -0.1) is 0 Å². The second-order valence-electron chi connectivity index (χ2n) is 7.93. The van der Waals surface area contributed by atoms with E-state index >= 15 is 0 Å². The molecule has 1 unspecified atom stereocenters. The number of halogens is 3. The Balaban J connectivity index is 1.63. The van der Waals surface area contributed by atoms with Crippen molar-refractivity contribution in [3.8, 4) is 0 Å². The van der Waals surface area contributed by atoms with Crippen molar-refractivity contribution < 1.29 is 22.6 Å². The molecule has 1 N–H and O–H groups in total. The van der Waals surface area contributed by atoms with Gasteiger partial charge in [0.15, 0.2) is 5.96 Å². The zero-order valence-corrected chi connectivity index (χ0v) is 17.1. The van der Waals surface area contributed by atoms with Crippen LogP contribution in [0.15, 0.2) is 29.3 Å². The second-order valence-corrected chi connectivity index (χ2v) is 7.93. The van der Waals surface area contributed by atoms with Gasteiger partial charge < -0.3 is 19.7 Å². The molecule has 29 heavy (non-hydrogen) atoms. The Morgan fingerprint density at radius 2 is 2.17 bits per heavy atom. The topological polar surface area (TPSA) is 46.1 Å². The Kier molecular flexibility index (Phi) is 7.05. The van der Waals surface area contributed by atoms with Crippen LogP contribution in [0.4, 0.5) is 13.2 Å². The normalized spacial score (nSPS) is 22.3. The van der Waals surface area contributed by atoms with Gasteiger partial charge in [-0.25, -0.2) is 0 Å². The molecule has 1 aromatic carbocycles. The first-order valence-electron chi connectivity index (χ1n) is 10.1. The monoisotopic (exact) mass is 413 g/mol. The third-order valence-corrected chi connectivity index (χ3v) is 6.04. The van der Waals surface area contributed by atoms with Gasteiger partial charge in [0.05, 0.1) is 18.7 Å². The van der Waals surface area contributed by atoms with E-state index in [0.717, 1.165) is 31.6 Å². The van der Waals surface area contributed by atoms with Crippen LogP contribution >= 0.6 is 0 Å². The second kappa shape index (κ2) is 9.34. The summed E-state index contributed by atoms with van der Waals surface area (Å²) in [4.78, 5) is 6.47. The number of alkyl halides is 3. The number of guanidine groups is 1. The van der Waals surface area contributed by atoms with Gasteiger partial charge in [-0.2, -0.15) is 13.2 Å². The fourth-order valence-corrected chi connectivity index (χ4v) is 4.07. The molecule has 1 aliphatic carbocycles. The standard InChI is InChI=1S/C21H30F3N3O2/c1-25-19(26-15-20(7-4-8-20)9-11-28-2)27-10-12-29-18(14-27)16-5-3-6-17(13-16)21(22,23)24/h3,5-6,13,18H,4,7-12,14-15H2,1-2H3,(H,25,26). The van der Waals surface area contributed by atoms with Crippen LogP contribution in [0.2, 0.25) is 0 Å². The van der Waals surface area contributed by atoms with Crippen molar-refractivity contribution in [2.75, 3.05) is 47.0 Å². The van der Waals surface area contributed by atoms with E-state index in [1.807, 2.05) is 0 Å². The van der Waals surface area contributed by atoms with Crippen LogP contribution < -0.4 is 5.32 Å². The molecule has 1 saturated carbocycles. The number of methoxy groups -OCH3 is 1. The summed E-state index contributed by atoms with van der Waals surface area (Å²) >= 11 is 0. The van der Waals surface area contributed by atoms with Crippen LogP contribution in [0.5, 0.6) is 0 Å². The summed E-state index contributed by atoms with van der Waals surface area (Å²) in [6, 6.07) is 5.39. The number of morpholine rings is 1. The highest BCUT2D eigenvalue weighted by molar-refractivity contribution is 5.80. The third-order valence-electron chi connectivity index (χ3n) is 6.04. The lowest BCUT2D eigenvalue weighted by Gasteiger charge is -2.43. The summed E-state index contributed by atoms with van der Waals surface area (Å²) in [5, 5.41) is 3.48. The fraction of sp³-hybridized carbons (Fsp3) is 0.667. The van der Waals surface area contributed by atoms with Crippen LogP contribution in [-0.4, -0.2) is 57.9 Å². The van der Waals surface area contributed by atoms with E-state index in [0.29, 0.717) is 25.3 Å². The maximum Gasteiger partial charge on any atom is 0.416 e. The number of aliphatic imine (C=N–C) groups is 1. The van der Waals surface area contributed by atoms with Crippen molar-refractivity contribution in [3.05, 3.63) is 35.4 Å². The van der Waals surface area contributed by atoms with Gasteiger partial charge in [0, 0.05) is 33.9 Å². The smallest absolute Gasteiger partial charge is 0.385 e. The highest BCUT2D eigenvalue weighted by atomic mass is 19.4. The number of nitrogens with zero attached hydrogens (tertiary/aromatic N) is 2. The first-order valence-corrected chi connectivity index (χ1v) is 10.1. The Labute approximate surface area is 170 Å². The molecule has 8 heteroatoms. The third kappa shape index (κ3) is 5.42. The molecular formula is C21H30F3N3O2. The van der Waals surface area contributed by atoms with Gasteiger partial charge in [-0.1, -0.05) is 18.6 Å². The minimum absolute atomic E-state index is 0.249. The Bertz CT molecular complexity index is 705. The summed E-state index contributed by atoms with van der Waals surface area (Å²) in [6.07, 6.45) is -0.174. The number of hydrogen-bond donors (Lipinski definition) is 1. The molecule has 0 spiro atoms. The molecule has 2 aliphatic rings. The zero-order valence-electron chi connectivity index (χ0n) is 17.1. The van der Waals surface area contributed by atoms with Crippen LogP contribution in [-0.2, 0) is 15.7 Å². The van der Waals surface area contributed by atoms with Crippen molar-refractivity contribution in [2.45, 2.75) is 38.0 Å². The predicted molar refractivity (Wildman–Crippen MR) is 106 cm³/mol. The molecule has 1 heterocycles. The molecule has 0 amide bonds. The molecule has 3 rings (SSSR count). The molecular weight excluding hydrogens is 383 g/mol. The van der Waals surface area contributed by atoms with Gasteiger partial charge in [-0.05, 0) is 42.4 Å². The largest absolute Gasteiger partial charge is 0.416 e. The van der Waals surface area contributed by atoms with E-state index in [2.05, 4.69) is 15.2 Å². The van der Waals surface area contributed by atoms with E-state index in [1.54, 1.807) is 20.2 Å². The van der Waals surface area contributed by atoms with Crippen molar-refractivity contribution in [3.63, 3.8) is 0 Å². The number of hydrogen-bond acceptors (Lipinski definition) is 3. The van der Waals surface area contributed by atoms with Gasteiger partial charge >= 0.3 is 6.18 Å². The van der Waals surface area contributed by atoms with E-state index in [-0.39, 0.29) is 5.41 Å². The van der Waals surface area contributed by atoms with Crippen molar-refractivity contribution in [2.24, 2.45) is 10.4 Å². The highest BCUT2D eigenvalue weighted by Crippen LogP contribution is 2.43. The first-order chi connectivity index (χ1) is 13.9. The molecule has 1 aromatic rings. The summed E-state index contributed by atoms with van der Waals surface area (Å²) in [7, 11) is 3.46. The highest BCUT2D eigenvalue weighted by Gasteiger charge is 2.37. The van der Waals surface area contributed by atoms with E-state index < -0.39 is 17.8 Å². The average Bonchev–Trinajstić information content (AvgIpc) is 2.69. The maximum atomic E-state index is 13.0. The number of ether oxygens (including phenoxy) is 2. The Morgan fingerprint density at radius 1 is 1.38 bits per heavy atom. The molecule has 0 aromatic heterocycles. The first kappa shape index (κ1) is 21.9. The molecule has 1 atom stereocenters. The molecule has 1 aliphatic heterocycles. The SMILES string of the molecule is CN=C(NCC1(CCOC)CCC1)N1CCOC(c2cccc(C(F)(F)F)c2)C1. The Morgan fingerprint density at radius 3 is 2.79 bits per heavy atom. The fourth-order valence-electron chi connectivity index (χ4n) is 4.07. The summed E-state index contributed by atoms with van der Waals surface area (Å²) in [6.45, 7) is 3.13. The summed E-state index contributed by atoms with van der Waals surface area (Å²) in [5.74, 6) is 0.772. The minimum Gasteiger partial charge on any atom is -0.385 e. The quantitative estimate of drug-likeness (QED) is 0.568.